The molecule has 0 unspecified atom stereocenters. The fourth-order valence-electron chi connectivity index (χ4n) is 2.68. The van der Waals surface area contributed by atoms with Gasteiger partial charge in [-0.1, -0.05) is 24.3 Å². The van der Waals surface area contributed by atoms with E-state index in [0.29, 0.717) is 6.07 Å². The fraction of sp³-hybridized carbons (Fsp3) is 0.0476. The number of primary amides is 1. The van der Waals surface area contributed by atoms with Crippen LogP contribution >= 0.6 is 0 Å². The van der Waals surface area contributed by atoms with Gasteiger partial charge in [-0.3, -0.25) is 9.59 Å². The minimum Gasteiger partial charge on any atom is -0.453 e. The molecule has 3 aromatic rings. The van der Waals surface area contributed by atoms with Gasteiger partial charge in [0.1, 0.15) is 5.75 Å². The molecule has 3 rings (SSSR count). The lowest BCUT2D eigenvalue weighted by Crippen LogP contribution is -2.20. The average Bonchev–Trinajstić information content (AvgIpc) is 2.69. The number of rotatable bonds is 5. The van der Waals surface area contributed by atoms with E-state index in [9.17, 15) is 27.2 Å². The first kappa shape index (κ1) is 20.8. The summed E-state index contributed by atoms with van der Waals surface area (Å²) in [6, 6.07) is 13.4. The second kappa shape index (κ2) is 8.24. The first-order chi connectivity index (χ1) is 14.2. The van der Waals surface area contributed by atoms with Crippen LogP contribution in [-0.2, 0) is 6.18 Å². The van der Waals surface area contributed by atoms with Crippen molar-refractivity contribution in [2.24, 2.45) is 5.73 Å². The van der Waals surface area contributed by atoms with E-state index < -0.39 is 40.7 Å². The van der Waals surface area contributed by atoms with E-state index in [1.165, 1.54) is 42.5 Å². The van der Waals surface area contributed by atoms with Crippen LogP contribution in [0.5, 0.6) is 11.5 Å². The zero-order chi connectivity index (χ0) is 21.9. The molecule has 0 bridgehead atoms. The number of ether oxygens (including phenoxy) is 1. The Labute approximate surface area is 168 Å². The molecule has 30 heavy (non-hydrogen) atoms. The number of hydrogen-bond donors (Lipinski definition) is 2. The van der Waals surface area contributed by atoms with Gasteiger partial charge in [0.25, 0.3) is 5.91 Å². The van der Waals surface area contributed by atoms with Gasteiger partial charge in [-0.05, 0) is 42.5 Å². The molecule has 0 aliphatic carbocycles. The van der Waals surface area contributed by atoms with Gasteiger partial charge in [-0.15, -0.1) is 0 Å². The highest BCUT2D eigenvalue weighted by Gasteiger charge is 2.37. The predicted molar refractivity (Wildman–Crippen MR) is 101 cm³/mol. The van der Waals surface area contributed by atoms with Crippen LogP contribution in [0.25, 0.3) is 0 Å². The summed E-state index contributed by atoms with van der Waals surface area (Å²) in [4.78, 5) is 24.0. The maximum absolute atomic E-state index is 13.9. The van der Waals surface area contributed by atoms with Crippen LogP contribution in [0.15, 0.2) is 66.7 Å². The first-order valence-corrected chi connectivity index (χ1v) is 8.50. The van der Waals surface area contributed by atoms with E-state index in [0.717, 1.165) is 18.2 Å². The van der Waals surface area contributed by atoms with Crippen LogP contribution < -0.4 is 15.8 Å². The van der Waals surface area contributed by atoms with Crippen molar-refractivity contribution in [1.29, 1.82) is 0 Å². The van der Waals surface area contributed by atoms with Crippen LogP contribution in [-0.4, -0.2) is 11.8 Å². The number of amides is 2. The Bertz CT molecular complexity index is 1110. The third-order valence-corrected chi connectivity index (χ3v) is 4.02. The number of halogens is 4. The van der Waals surface area contributed by atoms with Gasteiger partial charge in [0.05, 0.1) is 11.1 Å². The lowest BCUT2D eigenvalue weighted by atomic mass is 10.0. The highest BCUT2D eigenvalue weighted by molar-refractivity contribution is 6.08. The lowest BCUT2D eigenvalue weighted by Gasteiger charge is -2.17. The van der Waals surface area contributed by atoms with Crippen molar-refractivity contribution in [2.45, 2.75) is 6.18 Å². The van der Waals surface area contributed by atoms with Gasteiger partial charge in [0.2, 0.25) is 5.91 Å². The topological polar surface area (TPSA) is 81.4 Å². The Morgan fingerprint density at radius 2 is 1.57 bits per heavy atom. The summed E-state index contributed by atoms with van der Waals surface area (Å²) in [6.45, 7) is 0. The molecular formula is C21H14F4N2O3. The SMILES string of the molecule is NC(=O)c1cccc(NC(=O)c2c(Oc3ccccc3F)cccc2C(F)(F)F)c1. The number of carbonyl (C=O) groups excluding carboxylic acids is 2. The van der Waals surface area contributed by atoms with Crippen molar-refractivity contribution in [1.82, 2.24) is 0 Å². The molecular weight excluding hydrogens is 404 g/mol. The second-order valence-electron chi connectivity index (χ2n) is 6.11. The van der Waals surface area contributed by atoms with Crippen LogP contribution in [0.1, 0.15) is 26.3 Å². The molecule has 0 saturated carbocycles. The Kier molecular flexibility index (Phi) is 5.72. The fourth-order valence-corrected chi connectivity index (χ4v) is 2.68. The molecule has 0 spiro atoms. The molecule has 0 heterocycles. The van der Waals surface area contributed by atoms with Crippen molar-refractivity contribution in [3.63, 3.8) is 0 Å². The number of carbonyl (C=O) groups is 2. The average molecular weight is 418 g/mol. The number of nitrogens with two attached hydrogens (primary N) is 1. The molecule has 0 radical (unpaired) electrons. The summed E-state index contributed by atoms with van der Waals surface area (Å²) in [5.74, 6) is -3.57. The second-order valence-corrected chi connectivity index (χ2v) is 6.11. The van der Waals surface area contributed by atoms with Crippen molar-refractivity contribution < 1.29 is 31.9 Å². The third-order valence-electron chi connectivity index (χ3n) is 4.02. The van der Waals surface area contributed by atoms with E-state index in [1.807, 2.05) is 0 Å². The highest BCUT2D eigenvalue weighted by Crippen LogP contribution is 2.38. The molecule has 0 aromatic heterocycles. The molecule has 3 aromatic carbocycles. The molecule has 0 saturated heterocycles. The molecule has 0 atom stereocenters. The molecule has 0 aliphatic rings. The zero-order valence-electron chi connectivity index (χ0n) is 15.2. The largest absolute Gasteiger partial charge is 0.453 e. The Balaban J connectivity index is 2.04. The molecule has 5 nitrogen and oxygen atoms in total. The summed E-state index contributed by atoms with van der Waals surface area (Å²) < 4.78 is 59.8. The molecule has 3 N–H and O–H groups in total. The van der Waals surface area contributed by atoms with Gasteiger partial charge in [0, 0.05) is 11.3 Å². The van der Waals surface area contributed by atoms with Gasteiger partial charge in [-0.2, -0.15) is 13.2 Å². The van der Waals surface area contributed by atoms with Crippen LogP contribution in [0, 0.1) is 5.82 Å². The van der Waals surface area contributed by atoms with E-state index in [1.54, 1.807) is 0 Å². The van der Waals surface area contributed by atoms with E-state index in [-0.39, 0.29) is 17.0 Å². The number of alkyl halides is 3. The smallest absolute Gasteiger partial charge is 0.417 e. The summed E-state index contributed by atoms with van der Waals surface area (Å²) in [5, 5.41) is 2.29. The first-order valence-electron chi connectivity index (χ1n) is 8.50. The Morgan fingerprint density at radius 3 is 2.23 bits per heavy atom. The van der Waals surface area contributed by atoms with Crippen molar-refractivity contribution in [3.05, 3.63) is 89.2 Å². The quantitative estimate of drug-likeness (QED) is 0.573. The minimum atomic E-state index is -4.88. The van der Waals surface area contributed by atoms with Crippen LogP contribution in [0.2, 0.25) is 0 Å². The lowest BCUT2D eigenvalue weighted by molar-refractivity contribution is -0.138. The maximum atomic E-state index is 13.9. The summed E-state index contributed by atoms with van der Waals surface area (Å²) >= 11 is 0. The predicted octanol–water partition coefficient (Wildman–Crippen LogP) is 4.99. The van der Waals surface area contributed by atoms with Crippen LogP contribution in [0.4, 0.5) is 23.2 Å². The highest BCUT2D eigenvalue weighted by atomic mass is 19.4. The Hall–Kier alpha value is -3.88. The normalized spacial score (nSPS) is 11.1. The molecule has 9 heteroatoms. The van der Waals surface area contributed by atoms with Crippen LogP contribution in [0.3, 0.4) is 0 Å². The Morgan fingerprint density at radius 1 is 0.900 bits per heavy atom. The number of nitrogens with one attached hydrogen (secondary N) is 1. The number of para-hydroxylation sites is 1. The third kappa shape index (κ3) is 4.57. The molecule has 0 aliphatic heterocycles. The molecule has 154 valence electrons. The number of hydrogen-bond acceptors (Lipinski definition) is 3. The summed E-state index contributed by atoms with van der Waals surface area (Å²) in [6.07, 6.45) is -4.88. The monoisotopic (exact) mass is 418 g/mol. The van der Waals surface area contributed by atoms with Crippen molar-refractivity contribution >= 4 is 17.5 Å². The molecule has 0 fully saturated rings. The number of anilines is 1. The minimum absolute atomic E-state index is 0.0464. The maximum Gasteiger partial charge on any atom is 0.417 e. The van der Waals surface area contributed by atoms with Gasteiger partial charge in [-0.25, -0.2) is 4.39 Å². The van der Waals surface area contributed by atoms with Gasteiger partial charge >= 0.3 is 6.18 Å². The van der Waals surface area contributed by atoms with E-state index in [2.05, 4.69) is 5.32 Å². The van der Waals surface area contributed by atoms with E-state index >= 15 is 0 Å². The summed E-state index contributed by atoms with van der Waals surface area (Å²) in [5.41, 5.74) is 3.18. The van der Waals surface area contributed by atoms with Crippen molar-refractivity contribution in [3.8, 4) is 11.5 Å². The summed E-state index contributed by atoms with van der Waals surface area (Å²) in [7, 11) is 0. The van der Waals surface area contributed by atoms with Gasteiger partial charge in [0.15, 0.2) is 11.6 Å². The number of benzene rings is 3. The van der Waals surface area contributed by atoms with Gasteiger partial charge < -0.3 is 15.8 Å². The standard InChI is InChI=1S/C21H14F4N2O3/c22-15-8-1-2-9-16(15)30-17-10-4-7-14(21(23,24)25)18(17)20(29)27-13-6-3-5-12(11-13)19(26)28/h1-11H,(H2,26,28)(H,27,29). The molecule has 2 amide bonds. The van der Waals surface area contributed by atoms with Crippen molar-refractivity contribution in [2.75, 3.05) is 5.32 Å². The zero-order valence-corrected chi connectivity index (χ0v) is 15.2. The van der Waals surface area contributed by atoms with E-state index in [4.69, 9.17) is 10.5 Å².